The van der Waals surface area contributed by atoms with Crippen LogP contribution in [0.1, 0.15) is 38.8 Å². The molecule has 94 valence electrons. The molecule has 0 fully saturated rings. The average molecular weight is 248 g/mol. The first-order valence-corrected chi connectivity index (χ1v) is 8.20. The summed E-state index contributed by atoms with van der Waals surface area (Å²) in [7, 11) is -1.12. The lowest BCUT2D eigenvalue weighted by Gasteiger charge is -2.21. The number of rotatable bonds is 5. The first-order valence-electron chi connectivity index (χ1n) is 6.39. The molecule has 1 nitrogen and oxygen atoms in total. The van der Waals surface area contributed by atoms with Gasteiger partial charge in [-0.05, 0) is 29.6 Å². The van der Waals surface area contributed by atoms with Crippen LogP contribution in [0.15, 0.2) is 30.5 Å². The summed E-state index contributed by atoms with van der Waals surface area (Å²) in [6.07, 6.45) is 3.96. The van der Waals surface area contributed by atoms with E-state index in [4.69, 9.17) is 4.43 Å². The van der Waals surface area contributed by atoms with E-state index in [9.17, 15) is 0 Å². The van der Waals surface area contributed by atoms with Crippen LogP contribution in [-0.2, 0) is 4.43 Å². The van der Waals surface area contributed by atoms with Gasteiger partial charge in [-0.3, -0.25) is 0 Å². The van der Waals surface area contributed by atoms with Crippen molar-refractivity contribution in [3.8, 4) is 0 Å². The summed E-state index contributed by atoms with van der Waals surface area (Å²) >= 11 is 0. The SMILES string of the molecule is Cc1cccc(C=CO[SiH](C(C)C)C(C)C)c1. The molecule has 0 saturated heterocycles. The molecule has 0 amide bonds. The van der Waals surface area contributed by atoms with E-state index >= 15 is 0 Å². The molecule has 0 aliphatic rings. The van der Waals surface area contributed by atoms with Gasteiger partial charge in [0.1, 0.15) is 0 Å². The van der Waals surface area contributed by atoms with Crippen molar-refractivity contribution in [3.05, 3.63) is 41.7 Å². The summed E-state index contributed by atoms with van der Waals surface area (Å²) in [5.41, 5.74) is 3.85. The maximum absolute atomic E-state index is 5.97. The summed E-state index contributed by atoms with van der Waals surface area (Å²) in [6.45, 7) is 11.2. The number of aryl methyl sites for hydroxylation is 1. The van der Waals surface area contributed by atoms with Crippen molar-refractivity contribution in [2.75, 3.05) is 0 Å². The second-order valence-corrected chi connectivity index (χ2v) is 9.17. The van der Waals surface area contributed by atoms with E-state index in [2.05, 4.69) is 65.0 Å². The van der Waals surface area contributed by atoms with E-state index in [1.54, 1.807) is 0 Å². The molecule has 0 bridgehead atoms. The van der Waals surface area contributed by atoms with Gasteiger partial charge in [0.05, 0.1) is 6.26 Å². The number of hydrogen-bond acceptors (Lipinski definition) is 1. The Kier molecular flexibility index (Phi) is 5.49. The zero-order chi connectivity index (χ0) is 12.8. The topological polar surface area (TPSA) is 9.23 Å². The monoisotopic (exact) mass is 248 g/mol. The highest BCUT2D eigenvalue weighted by Crippen LogP contribution is 2.21. The van der Waals surface area contributed by atoms with Crippen molar-refractivity contribution in [1.29, 1.82) is 0 Å². The molecule has 1 aromatic rings. The minimum atomic E-state index is -1.12. The highest BCUT2D eigenvalue weighted by atomic mass is 28.3. The molecule has 0 radical (unpaired) electrons. The molecule has 0 spiro atoms. The zero-order valence-electron chi connectivity index (χ0n) is 11.6. The molecule has 0 heterocycles. The fourth-order valence-electron chi connectivity index (χ4n) is 2.07. The van der Waals surface area contributed by atoms with Gasteiger partial charge < -0.3 is 4.43 Å². The largest absolute Gasteiger partial charge is 0.551 e. The molecular formula is C15H24OSi. The zero-order valence-corrected chi connectivity index (χ0v) is 12.8. The Morgan fingerprint density at radius 1 is 1.12 bits per heavy atom. The molecule has 17 heavy (non-hydrogen) atoms. The lowest BCUT2D eigenvalue weighted by atomic mass is 10.1. The lowest BCUT2D eigenvalue weighted by molar-refractivity contribution is 0.469. The Morgan fingerprint density at radius 2 is 1.76 bits per heavy atom. The van der Waals surface area contributed by atoms with E-state index in [1.165, 1.54) is 11.1 Å². The van der Waals surface area contributed by atoms with Crippen LogP contribution in [0.25, 0.3) is 6.08 Å². The predicted molar refractivity (Wildman–Crippen MR) is 78.6 cm³/mol. The summed E-state index contributed by atoms with van der Waals surface area (Å²) in [4.78, 5) is 0. The van der Waals surface area contributed by atoms with Crippen LogP contribution in [0.5, 0.6) is 0 Å². The molecule has 0 N–H and O–H groups in total. The van der Waals surface area contributed by atoms with Gasteiger partial charge in [-0.15, -0.1) is 0 Å². The van der Waals surface area contributed by atoms with E-state index in [-0.39, 0.29) is 0 Å². The molecule has 0 aromatic heterocycles. The predicted octanol–water partition coefficient (Wildman–Crippen LogP) is 4.53. The van der Waals surface area contributed by atoms with Crippen molar-refractivity contribution in [1.82, 2.24) is 0 Å². The van der Waals surface area contributed by atoms with Gasteiger partial charge in [-0.2, -0.15) is 0 Å². The Balaban J connectivity index is 2.60. The van der Waals surface area contributed by atoms with E-state index in [0.29, 0.717) is 11.1 Å². The minimum absolute atomic E-state index is 0.678. The Morgan fingerprint density at radius 3 is 2.29 bits per heavy atom. The Bertz CT molecular complexity index is 361. The van der Waals surface area contributed by atoms with Gasteiger partial charge in [0.15, 0.2) is 0 Å². The first kappa shape index (κ1) is 14.0. The number of benzene rings is 1. The summed E-state index contributed by atoms with van der Waals surface area (Å²) < 4.78 is 5.97. The summed E-state index contributed by atoms with van der Waals surface area (Å²) in [5, 5.41) is 0. The third-order valence-corrected chi connectivity index (χ3v) is 5.95. The van der Waals surface area contributed by atoms with Crippen molar-refractivity contribution in [3.63, 3.8) is 0 Å². The van der Waals surface area contributed by atoms with Crippen molar-refractivity contribution in [2.45, 2.75) is 45.7 Å². The van der Waals surface area contributed by atoms with Crippen LogP contribution >= 0.6 is 0 Å². The van der Waals surface area contributed by atoms with Crippen LogP contribution in [-0.4, -0.2) is 9.04 Å². The third-order valence-electron chi connectivity index (χ3n) is 2.85. The van der Waals surface area contributed by atoms with Crippen molar-refractivity contribution < 1.29 is 4.43 Å². The van der Waals surface area contributed by atoms with Gasteiger partial charge in [0.25, 0.3) is 0 Å². The molecule has 2 heteroatoms. The molecule has 0 atom stereocenters. The lowest BCUT2D eigenvalue weighted by Crippen LogP contribution is -2.22. The van der Waals surface area contributed by atoms with Gasteiger partial charge in [0, 0.05) is 0 Å². The molecule has 0 aliphatic heterocycles. The van der Waals surface area contributed by atoms with Gasteiger partial charge in [-0.25, -0.2) is 0 Å². The molecule has 0 aliphatic carbocycles. The highest BCUT2D eigenvalue weighted by molar-refractivity contribution is 6.55. The smallest absolute Gasteiger partial charge is 0.239 e. The maximum atomic E-state index is 5.97. The average Bonchev–Trinajstić information content (AvgIpc) is 2.23. The Labute approximate surface area is 107 Å². The second-order valence-electron chi connectivity index (χ2n) is 5.31. The summed E-state index contributed by atoms with van der Waals surface area (Å²) in [5.74, 6) is 0. The molecule has 0 unspecified atom stereocenters. The van der Waals surface area contributed by atoms with Gasteiger partial charge in [0.2, 0.25) is 9.04 Å². The van der Waals surface area contributed by atoms with E-state index < -0.39 is 9.04 Å². The van der Waals surface area contributed by atoms with E-state index in [0.717, 1.165) is 0 Å². The fraction of sp³-hybridized carbons (Fsp3) is 0.467. The Hall–Kier alpha value is -1.02. The van der Waals surface area contributed by atoms with E-state index in [1.807, 2.05) is 6.26 Å². The van der Waals surface area contributed by atoms with Crippen molar-refractivity contribution in [2.24, 2.45) is 0 Å². The normalized spacial score (nSPS) is 12.0. The number of hydrogen-bond donors (Lipinski definition) is 0. The minimum Gasteiger partial charge on any atom is -0.551 e. The van der Waals surface area contributed by atoms with Crippen LogP contribution in [0.2, 0.25) is 11.1 Å². The third kappa shape index (κ3) is 4.78. The molecule has 1 aromatic carbocycles. The highest BCUT2D eigenvalue weighted by Gasteiger charge is 2.20. The fourth-order valence-corrected chi connectivity index (χ4v) is 4.49. The molecule has 0 saturated carbocycles. The van der Waals surface area contributed by atoms with Gasteiger partial charge in [-0.1, -0.05) is 57.5 Å². The molecule has 1 rings (SSSR count). The first-order chi connectivity index (χ1) is 8.00. The van der Waals surface area contributed by atoms with Crippen LogP contribution in [0, 0.1) is 6.92 Å². The van der Waals surface area contributed by atoms with Crippen LogP contribution < -0.4 is 0 Å². The maximum Gasteiger partial charge on any atom is 0.239 e. The van der Waals surface area contributed by atoms with Crippen LogP contribution in [0.4, 0.5) is 0 Å². The summed E-state index contributed by atoms with van der Waals surface area (Å²) in [6, 6.07) is 8.46. The standard InChI is InChI=1S/C15H24OSi/c1-12(2)17(13(3)4)16-10-9-15-8-6-7-14(5)11-15/h6-13,17H,1-5H3. The van der Waals surface area contributed by atoms with Crippen LogP contribution in [0.3, 0.4) is 0 Å². The van der Waals surface area contributed by atoms with Crippen molar-refractivity contribution >= 4 is 15.1 Å². The molecular weight excluding hydrogens is 224 g/mol. The van der Waals surface area contributed by atoms with Gasteiger partial charge >= 0.3 is 0 Å². The quantitative estimate of drug-likeness (QED) is 0.549. The second kappa shape index (κ2) is 6.65.